The lowest BCUT2D eigenvalue weighted by molar-refractivity contribution is 0.0953. The van der Waals surface area contributed by atoms with Crippen LogP contribution in [-0.4, -0.2) is 32.0 Å². The topological polar surface area (TPSA) is 75.6 Å². The molecule has 0 aliphatic carbocycles. The number of pyridine rings is 1. The van der Waals surface area contributed by atoms with Crippen LogP contribution in [0.1, 0.15) is 16.8 Å². The standard InChI is InChI=1S/C18H17N5O/c24-18(14-4-5-15-16(11-14)22-12-21-15)20-8-2-9-23-10-6-13-3-1-7-19-17(13)23/h1,3-7,10-12H,2,8-9H2,(H,20,24)(H,21,22). The van der Waals surface area contributed by atoms with E-state index < -0.39 is 0 Å². The molecule has 0 saturated carbocycles. The Morgan fingerprint density at radius 2 is 2.17 bits per heavy atom. The van der Waals surface area contributed by atoms with E-state index >= 15 is 0 Å². The summed E-state index contributed by atoms with van der Waals surface area (Å²) < 4.78 is 2.11. The van der Waals surface area contributed by atoms with Gasteiger partial charge >= 0.3 is 0 Å². The van der Waals surface area contributed by atoms with Gasteiger partial charge in [0.15, 0.2) is 0 Å². The van der Waals surface area contributed by atoms with Crippen molar-refractivity contribution < 1.29 is 4.79 Å². The maximum atomic E-state index is 12.2. The largest absolute Gasteiger partial charge is 0.352 e. The molecule has 2 N–H and O–H groups in total. The fourth-order valence-corrected chi connectivity index (χ4v) is 2.83. The predicted octanol–water partition coefficient (Wildman–Crippen LogP) is 2.73. The number of aryl methyl sites for hydroxylation is 1. The van der Waals surface area contributed by atoms with Crippen molar-refractivity contribution in [3.05, 3.63) is 60.7 Å². The minimum atomic E-state index is -0.0676. The monoisotopic (exact) mass is 319 g/mol. The number of benzene rings is 1. The van der Waals surface area contributed by atoms with Gasteiger partial charge < -0.3 is 14.9 Å². The summed E-state index contributed by atoms with van der Waals surface area (Å²) in [6, 6.07) is 11.5. The lowest BCUT2D eigenvalue weighted by atomic mass is 10.2. The second-order valence-electron chi connectivity index (χ2n) is 5.67. The van der Waals surface area contributed by atoms with E-state index in [2.05, 4.69) is 30.9 Å². The second-order valence-corrected chi connectivity index (χ2v) is 5.67. The van der Waals surface area contributed by atoms with Gasteiger partial charge in [-0.3, -0.25) is 4.79 Å². The summed E-state index contributed by atoms with van der Waals surface area (Å²) in [4.78, 5) is 23.8. The Morgan fingerprint density at radius 1 is 1.21 bits per heavy atom. The molecule has 24 heavy (non-hydrogen) atoms. The maximum Gasteiger partial charge on any atom is 0.251 e. The van der Waals surface area contributed by atoms with Crippen molar-refractivity contribution in [2.24, 2.45) is 0 Å². The summed E-state index contributed by atoms with van der Waals surface area (Å²) in [6.07, 6.45) is 6.30. The van der Waals surface area contributed by atoms with Crippen LogP contribution in [0, 0.1) is 0 Å². The molecule has 6 nitrogen and oxygen atoms in total. The van der Waals surface area contributed by atoms with Gasteiger partial charge in [0.1, 0.15) is 5.65 Å². The molecular weight excluding hydrogens is 302 g/mol. The average molecular weight is 319 g/mol. The van der Waals surface area contributed by atoms with E-state index in [1.165, 1.54) is 0 Å². The first-order valence-electron chi connectivity index (χ1n) is 7.92. The molecule has 0 fully saturated rings. The van der Waals surface area contributed by atoms with Crippen molar-refractivity contribution in [3.63, 3.8) is 0 Å². The summed E-state index contributed by atoms with van der Waals surface area (Å²) in [5.41, 5.74) is 3.35. The highest BCUT2D eigenvalue weighted by molar-refractivity contribution is 5.97. The van der Waals surface area contributed by atoms with Crippen LogP contribution in [0.4, 0.5) is 0 Å². The van der Waals surface area contributed by atoms with Crippen LogP contribution in [0.3, 0.4) is 0 Å². The number of hydrogen-bond donors (Lipinski definition) is 2. The number of fused-ring (bicyclic) bond motifs is 2. The maximum absolute atomic E-state index is 12.2. The number of aromatic amines is 1. The van der Waals surface area contributed by atoms with Crippen LogP contribution in [0.2, 0.25) is 0 Å². The molecule has 1 amide bonds. The van der Waals surface area contributed by atoms with Crippen molar-refractivity contribution in [3.8, 4) is 0 Å². The highest BCUT2D eigenvalue weighted by Crippen LogP contribution is 2.13. The van der Waals surface area contributed by atoms with E-state index in [1.54, 1.807) is 18.6 Å². The third kappa shape index (κ3) is 2.74. The highest BCUT2D eigenvalue weighted by Gasteiger charge is 2.07. The first-order valence-corrected chi connectivity index (χ1v) is 7.92. The van der Waals surface area contributed by atoms with Gasteiger partial charge in [-0.2, -0.15) is 0 Å². The molecule has 3 aromatic heterocycles. The first kappa shape index (κ1) is 14.4. The fourth-order valence-electron chi connectivity index (χ4n) is 2.83. The molecule has 0 atom stereocenters. The van der Waals surface area contributed by atoms with E-state index in [9.17, 15) is 4.79 Å². The van der Waals surface area contributed by atoms with Crippen molar-refractivity contribution in [1.29, 1.82) is 0 Å². The number of nitrogens with zero attached hydrogens (tertiary/aromatic N) is 3. The molecular formula is C18H17N5O. The Bertz CT molecular complexity index is 1000. The molecule has 0 unspecified atom stereocenters. The van der Waals surface area contributed by atoms with Gasteiger partial charge in [-0.1, -0.05) is 0 Å². The normalized spacial score (nSPS) is 11.2. The second kappa shape index (κ2) is 6.16. The molecule has 4 aromatic rings. The number of amides is 1. The minimum absolute atomic E-state index is 0.0676. The summed E-state index contributed by atoms with van der Waals surface area (Å²) in [7, 11) is 0. The van der Waals surface area contributed by atoms with Gasteiger partial charge in [-0.15, -0.1) is 0 Å². The number of H-pyrrole nitrogens is 1. The van der Waals surface area contributed by atoms with E-state index in [0.29, 0.717) is 12.1 Å². The average Bonchev–Trinajstić information content (AvgIpc) is 3.24. The van der Waals surface area contributed by atoms with Crippen molar-refractivity contribution in [2.45, 2.75) is 13.0 Å². The lowest BCUT2D eigenvalue weighted by Gasteiger charge is -2.07. The zero-order valence-corrected chi connectivity index (χ0v) is 13.1. The molecule has 6 heteroatoms. The third-order valence-electron chi connectivity index (χ3n) is 4.07. The SMILES string of the molecule is O=C(NCCCn1ccc2cccnc21)c1ccc2nc[nH]c2c1. The van der Waals surface area contributed by atoms with Gasteiger partial charge in [-0.25, -0.2) is 9.97 Å². The molecule has 0 radical (unpaired) electrons. The Hall–Kier alpha value is -3.15. The van der Waals surface area contributed by atoms with Crippen LogP contribution in [0.25, 0.3) is 22.1 Å². The highest BCUT2D eigenvalue weighted by atomic mass is 16.1. The summed E-state index contributed by atoms with van der Waals surface area (Å²) in [6.45, 7) is 1.44. The number of carbonyl (C=O) groups is 1. The van der Waals surface area contributed by atoms with Crippen molar-refractivity contribution >= 4 is 28.0 Å². The molecule has 1 aromatic carbocycles. The molecule has 0 bridgehead atoms. The predicted molar refractivity (Wildman–Crippen MR) is 92.8 cm³/mol. The fraction of sp³-hybridized carbons (Fsp3) is 0.167. The number of nitrogens with one attached hydrogen (secondary N) is 2. The number of aromatic nitrogens is 4. The number of hydrogen-bond acceptors (Lipinski definition) is 3. The Labute approximate surface area is 138 Å². The van der Waals surface area contributed by atoms with E-state index in [-0.39, 0.29) is 5.91 Å². The Morgan fingerprint density at radius 3 is 3.12 bits per heavy atom. The minimum Gasteiger partial charge on any atom is -0.352 e. The molecule has 4 rings (SSSR count). The van der Waals surface area contributed by atoms with Crippen LogP contribution in [0.5, 0.6) is 0 Å². The molecule has 0 aliphatic heterocycles. The van der Waals surface area contributed by atoms with Gasteiger partial charge in [0.25, 0.3) is 5.91 Å². The van der Waals surface area contributed by atoms with Gasteiger partial charge in [0.2, 0.25) is 0 Å². The van der Waals surface area contributed by atoms with Crippen LogP contribution < -0.4 is 5.32 Å². The number of carbonyl (C=O) groups excluding carboxylic acids is 1. The summed E-state index contributed by atoms with van der Waals surface area (Å²) in [5.74, 6) is -0.0676. The Balaban J connectivity index is 1.34. The third-order valence-corrected chi connectivity index (χ3v) is 4.07. The van der Waals surface area contributed by atoms with Gasteiger partial charge in [-0.05, 0) is 42.8 Å². The Kier molecular flexibility index (Phi) is 3.70. The summed E-state index contributed by atoms with van der Waals surface area (Å²) >= 11 is 0. The van der Waals surface area contributed by atoms with E-state index in [1.807, 2.05) is 30.5 Å². The molecule has 3 heterocycles. The molecule has 0 spiro atoms. The van der Waals surface area contributed by atoms with E-state index in [0.717, 1.165) is 35.0 Å². The molecule has 0 aliphatic rings. The van der Waals surface area contributed by atoms with Crippen LogP contribution >= 0.6 is 0 Å². The number of imidazole rings is 1. The smallest absolute Gasteiger partial charge is 0.251 e. The molecule has 0 saturated heterocycles. The van der Waals surface area contributed by atoms with Gasteiger partial charge in [0.05, 0.1) is 17.4 Å². The van der Waals surface area contributed by atoms with Gasteiger partial charge in [0, 0.05) is 36.4 Å². The van der Waals surface area contributed by atoms with Crippen LogP contribution in [0.15, 0.2) is 55.1 Å². The number of rotatable bonds is 5. The van der Waals surface area contributed by atoms with Crippen molar-refractivity contribution in [1.82, 2.24) is 24.8 Å². The molecule has 120 valence electrons. The zero-order chi connectivity index (χ0) is 16.4. The van der Waals surface area contributed by atoms with Crippen LogP contribution in [-0.2, 0) is 6.54 Å². The lowest BCUT2D eigenvalue weighted by Crippen LogP contribution is -2.25. The summed E-state index contributed by atoms with van der Waals surface area (Å²) in [5, 5.41) is 4.09. The van der Waals surface area contributed by atoms with Crippen molar-refractivity contribution in [2.75, 3.05) is 6.54 Å². The quantitative estimate of drug-likeness (QED) is 0.555. The first-order chi connectivity index (χ1) is 11.8. The zero-order valence-electron chi connectivity index (χ0n) is 13.1. The van der Waals surface area contributed by atoms with E-state index in [4.69, 9.17) is 0 Å².